The third-order valence-electron chi connectivity index (χ3n) is 25.7. The molecule has 2 fully saturated rings. The second-order valence-electron chi connectivity index (χ2n) is 38.2. The zero-order chi connectivity index (χ0) is 98.3. The largest absolute Gasteiger partial charge is 0.464 e. The molecular weight excluding hydrogens is 1720 g/mol. The summed E-state index contributed by atoms with van der Waals surface area (Å²) in [5.74, 6) is 19.2. The maximum atomic E-state index is 13.5. The van der Waals surface area contributed by atoms with E-state index in [4.69, 9.17) is 37.9 Å². The van der Waals surface area contributed by atoms with Crippen molar-refractivity contribution in [2.45, 2.75) is 564 Å². The van der Waals surface area contributed by atoms with Crippen molar-refractivity contribution >= 4 is 71.4 Å². The van der Waals surface area contributed by atoms with Crippen LogP contribution in [-0.4, -0.2) is 146 Å². The lowest BCUT2D eigenvalue weighted by molar-refractivity contribution is -0.159. The van der Waals surface area contributed by atoms with E-state index in [9.17, 15) is 57.5 Å². The van der Waals surface area contributed by atoms with E-state index in [2.05, 4.69) is 96.3 Å². The Bertz CT molecular complexity index is 3040. The molecule has 4 aliphatic heterocycles. The van der Waals surface area contributed by atoms with E-state index in [1.807, 2.05) is 0 Å². The van der Waals surface area contributed by atoms with Crippen molar-refractivity contribution in [1.29, 1.82) is 0 Å². The van der Waals surface area contributed by atoms with Gasteiger partial charge in [-0.05, 0) is 178 Å². The van der Waals surface area contributed by atoms with Gasteiger partial charge in [-0.1, -0.05) is 308 Å². The van der Waals surface area contributed by atoms with E-state index < -0.39 is 96.3 Å². The molecule has 4 amide bonds. The standard InChI is InChI=1S/C112H184N4O20/c1-5-9-13-17-21-49-57-65-89-129-109(125)97-81-85-105(121)133-93-73-75-94(76-74-93)134-106(122)86-82-98(110(126)130-90-66-58-50-22-18-14-10-6-2)114-102(118)70-62-55-47-43-39-35-31-27-28-32-36-40-44-48-56-64-72-104(120)116-100(112(128)132-92-68-60-52-24-20-16-12-8-4)84-88-108(124)136-96-79-77-95(78-80-96)135-107(123)87-83-99(111(127)131-91-67-59-51-23-19-15-11-7-3)115-103(119)71-63-54-46-42-38-34-30-26-25-29-33-37-41-45-53-61-69-101(117)113-97/h93-100H,5-24,33-92H2,1-4H3,(H,113,117)(H,114,118)(H,115,119)(H,116,120)/t93?,94?,95?,96?,97-,98-,99-,100-/m0/s1. The highest BCUT2D eigenvalue weighted by molar-refractivity contribution is 5.87. The number of amides is 4. The second kappa shape index (κ2) is 87.2. The monoisotopic (exact) mass is 1910 g/mol. The van der Waals surface area contributed by atoms with Crippen LogP contribution in [0.2, 0.25) is 0 Å². The van der Waals surface area contributed by atoms with Crippen LogP contribution in [0.25, 0.3) is 0 Å². The van der Waals surface area contributed by atoms with Gasteiger partial charge in [0, 0.05) is 77.0 Å². The molecule has 0 aromatic rings. The van der Waals surface area contributed by atoms with E-state index in [1.165, 1.54) is 103 Å². The van der Waals surface area contributed by atoms with E-state index in [0.29, 0.717) is 128 Å². The van der Waals surface area contributed by atoms with Crippen LogP contribution in [0.3, 0.4) is 0 Å². The number of ether oxygens (including phenoxy) is 8. The number of esters is 8. The Labute approximate surface area is 821 Å². The van der Waals surface area contributed by atoms with Gasteiger partial charge in [-0.3, -0.25) is 38.4 Å². The van der Waals surface area contributed by atoms with Crippen LogP contribution in [0.1, 0.15) is 516 Å². The van der Waals surface area contributed by atoms with E-state index in [1.54, 1.807) is 0 Å². The molecule has 6 rings (SSSR count). The van der Waals surface area contributed by atoms with E-state index in [-0.39, 0.29) is 127 Å². The average molecular weight is 1910 g/mol. The molecule has 24 heteroatoms. The first-order valence-corrected chi connectivity index (χ1v) is 55.0. The number of nitrogens with one attached hydrogen (secondary N) is 4. The number of hydrogen-bond donors (Lipinski definition) is 4. The summed E-state index contributed by atoms with van der Waals surface area (Å²) in [5.41, 5.74) is 0. The fourth-order valence-electron chi connectivity index (χ4n) is 17.2. The van der Waals surface area contributed by atoms with Crippen LogP contribution < -0.4 is 21.3 Å². The zero-order valence-corrected chi connectivity index (χ0v) is 85.4. The van der Waals surface area contributed by atoms with Gasteiger partial charge in [-0.15, -0.1) is 0 Å². The lowest BCUT2D eigenvalue weighted by Crippen LogP contribution is -2.42. The highest BCUT2D eigenvalue weighted by Gasteiger charge is 2.33. The van der Waals surface area contributed by atoms with Crippen molar-refractivity contribution in [1.82, 2.24) is 21.3 Å². The Morgan fingerprint density at radius 2 is 0.397 bits per heavy atom. The van der Waals surface area contributed by atoms with Crippen molar-refractivity contribution < 1.29 is 95.4 Å². The van der Waals surface area contributed by atoms with Gasteiger partial charge < -0.3 is 59.2 Å². The summed E-state index contributed by atoms with van der Waals surface area (Å²) in [6, 6.07) is -4.05. The molecule has 136 heavy (non-hydrogen) atoms. The second-order valence-corrected chi connectivity index (χ2v) is 38.2. The van der Waals surface area contributed by atoms with Gasteiger partial charge in [-0.2, -0.15) is 0 Å². The number of hydrogen-bond acceptors (Lipinski definition) is 20. The van der Waals surface area contributed by atoms with Crippen LogP contribution in [0.5, 0.6) is 0 Å². The van der Waals surface area contributed by atoms with Gasteiger partial charge in [0.25, 0.3) is 0 Å². The van der Waals surface area contributed by atoms with Crippen molar-refractivity contribution in [2.75, 3.05) is 26.4 Å². The number of rotatable bonds is 40. The molecule has 24 nitrogen and oxygen atoms in total. The number of carbonyl (C=O) groups is 12. The van der Waals surface area contributed by atoms with Gasteiger partial charge >= 0.3 is 47.8 Å². The Morgan fingerprint density at radius 3 is 0.588 bits per heavy atom. The molecule has 0 aromatic carbocycles. The first kappa shape index (κ1) is 122. The average Bonchev–Trinajstić information content (AvgIpc) is 0.888. The van der Waals surface area contributed by atoms with Crippen LogP contribution >= 0.6 is 0 Å². The van der Waals surface area contributed by atoms with Crippen LogP contribution in [0.15, 0.2) is 0 Å². The predicted molar refractivity (Wildman–Crippen MR) is 536 cm³/mol. The van der Waals surface area contributed by atoms with Gasteiger partial charge in [-0.25, -0.2) is 19.2 Å². The van der Waals surface area contributed by atoms with Crippen LogP contribution in [0.4, 0.5) is 0 Å². The first-order chi connectivity index (χ1) is 66.4. The minimum Gasteiger partial charge on any atom is -0.464 e. The summed E-state index contributed by atoms with van der Waals surface area (Å²) >= 11 is 0. The summed E-state index contributed by atoms with van der Waals surface area (Å²) in [5, 5.41) is 11.5. The number of unbranched alkanes of at least 4 members (excludes halogenated alkanes) is 28. The molecule has 2 aliphatic carbocycles. The van der Waals surface area contributed by atoms with Crippen molar-refractivity contribution in [3.8, 4) is 47.4 Å². The predicted octanol–water partition coefficient (Wildman–Crippen LogP) is 23.5. The van der Waals surface area contributed by atoms with Crippen molar-refractivity contribution in [3.63, 3.8) is 0 Å². The molecule has 0 unspecified atom stereocenters. The lowest BCUT2D eigenvalue weighted by atomic mass is 9.95. The summed E-state index contributed by atoms with van der Waals surface area (Å²) in [6.07, 6.45) is 56.9. The molecular formula is C112H184N4O20. The highest BCUT2D eigenvalue weighted by Crippen LogP contribution is 2.28. The summed E-state index contributed by atoms with van der Waals surface area (Å²) in [7, 11) is 0. The molecule has 4 N–H and O–H groups in total. The maximum Gasteiger partial charge on any atom is 0.328 e. The lowest BCUT2D eigenvalue weighted by Gasteiger charge is -2.28. The quantitative estimate of drug-likeness (QED) is 0.0192. The Balaban J connectivity index is 1.65. The van der Waals surface area contributed by atoms with Gasteiger partial charge in [0.1, 0.15) is 48.6 Å². The molecule has 0 radical (unpaired) electrons. The molecule has 4 bridgehead atoms. The maximum absolute atomic E-state index is 13.5. The van der Waals surface area contributed by atoms with Crippen LogP contribution in [-0.2, 0) is 95.4 Å². The molecule has 6 aliphatic rings. The van der Waals surface area contributed by atoms with Crippen molar-refractivity contribution in [2.24, 2.45) is 0 Å². The van der Waals surface area contributed by atoms with Crippen molar-refractivity contribution in [3.05, 3.63) is 0 Å². The fourth-order valence-corrected chi connectivity index (χ4v) is 17.2. The smallest absolute Gasteiger partial charge is 0.328 e. The number of carbonyl (C=O) groups excluding carboxylic acids is 12. The zero-order valence-electron chi connectivity index (χ0n) is 85.4. The summed E-state index contributed by atoms with van der Waals surface area (Å²) in [4.78, 5) is 161. The molecule has 2 saturated carbocycles. The Hall–Kier alpha value is -8.12. The third kappa shape index (κ3) is 71.3. The highest BCUT2D eigenvalue weighted by atomic mass is 16.6. The molecule has 0 aromatic heterocycles. The summed E-state index contributed by atoms with van der Waals surface area (Å²) < 4.78 is 46.3. The molecule has 4 atom stereocenters. The van der Waals surface area contributed by atoms with E-state index >= 15 is 0 Å². The topological polar surface area (TPSA) is 327 Å². The molecule has 772 valence electrons. The molecule has 0 spiro atoms. The minimum atomic E-state index is -1.01. The normalized spacial score (nSPS) is 21.9. The van der Waals surface area contributed by atoms with E-state index in [0.717, 1.165) is 180 Å². The Kier molecular flexibility index (Phi) is 78.2. The van der Waals surface area contributed by atoms with Gasteiger partial charge in [0.2, 0.25) is 23.6 Å². The van der Waals surface area contributed by atoms with Crippen LogP contribution in [0, 0.1) is 47.4 Å². The third-order valence-corrected chi connectivity index (χ3v) is 25.7. The molecule has 4 heterocycles. The minimum absolute atomic E-state index is 0.0221. The first-order valence-electron chi connectivity index (χ1n) is 55.0. The van der Waals surface area contributed by atoms with Gasteiger partial charge in [0.05, 0.1) is 26.4 Å². The van der Waals surface area contributed by atoms with Gasteiger partial charge in [0.15, 0.2) is 0 Å². The fraction of sp³-hybridized carbons (Fsp3) is 0.821. The SMILES string of the molecule is CCCCCCCCCCOC(=O)[C@@H]1CCC(=O)OC2CCC(CC2)OC(=O)CC[C@@H](C(=O)OCCCCCCCCCC)NC(=O)CCCCCCCC#CC#CCCCCCCCC(=O)N[C@H](C(=O)OCCCCCCCCCC)CCC(=O)OC2CCC(CC2)OC(=O)CC[C@@H](C(=O)OCCCCCCCCCC)NC(=O)CCCCCCCC#CC#CCCCCCCCC(=O)N1. The Morgan fingerprint density at radius 1 is 0.228 bits per heavy atom. The molecule has 0 saturated heterocycles. The summed E-state index contributed by atoms with van der Waals surface area (Å²) in [6.45, 7) is 9.70.